The first-order valence-corrected chi connectivity index (χ1v) is 7.06. The molecule has 0 heterocycles. The van der Waals surface area contributed by atoms with Gasteiger partial charge in [0.25, 0.3) is 0 Å². The summed E-state index contributed by atoms with van der Waals surface area (Å²) in [4.78, 5) is 1.35. The molecule has 0 aromatic heterocycles. The SMILES string of the molecule is N#Cc1cc(C(F)(F)F)ccc1Sc1ccc(Br)cc1. The summed E-state index contributed by atoms with van der Waals surface area (Å²) < 4.78 is 38.7. The van der Waals surface area contributed by atoms with Crippen molar-refractivity contribution in [2.75, 3.05) is 0 Å². The van der Waals surface area contributed by atoms with E-state index in [2.05, 4.69) is 15.9 Å². The number of rotatable bonds is 2. The summed E-state index contributed by atoms with van der Waals surface area (Å²) in [6, 6.07) is 12.3. The minimum atomic E-state index is -4.44. The van der Waals surface area contributed by atoms with Crippen molar-refractivity contribution in [2.45, 2.75) is 16.0 Å². The summed E-state index contributed by atoms with van der Waals surface area (Å²) in [5.41, 5.74) is -0.790. The molecule has 2 aromatic carbocycles. The standard InChI is InChI=1S/C14H7BrF3NS/c15-11-2-4-12(5-3-11)20-13-6-1-10(14(16,17)18)7-9(13)8-19/h1-7H. The fourth-order valence-electron chi connectivity index (χ4n) is 1.51. The number of alkyl halides is 3. The van der Waals surface area contributed by atoms with Gasteiger partial charge >= 0.3 is 6.18 Å². The molecule has 0 saturated heterocycles. The summed E-state index contributed by atoms with van der Waals surface area (Å²) >= 11 is 4.56. The highest BCUT2D eigenvalue weighted by Gasteiger charge is 2.31. The molecule has 6 heteroatoms. The van der Waals surface area contributed by atoms with E-state index < -0.39 is 11.7 Å². The molecule has 0 bridgehead atoms. The van der Waals surface area contributed by atoms with E-state index in [0.717, 1.165) is 21.5 Å². The van der Waals surface area contributed by atoms with Gasteiger partial charge in [-0.3, -0.25) is 0 Å². The number of hydrogen-bond acceptors (Lipinski definition) is 2. The maximum absolute atomic E-state index is 12.6. The lowest BCUT2D eigenvalue weighted by atomic mass is 10.1. The van der Waals surface area contributed by atoms with Crippen molar-refractivity contribution in [2.24, 2.45) is 0 Å². The molecule has 2 rings (SSSR count). The van der Waals surface area contributed by atoms with Crippen molar-refractivity contribution >= 4 is 27.7 Å². The molecule has 0 radical (unpaired) electrons. The lowest BCUT2D eigenvalue weighted by molar-refractivity contribution is -0.137. The molecule has 0 aliphatic carbocycles. The van der Waals surface area contributed by atoms with Crippen molar-refractivity contribution in [3.8, 4) is 6.07 Å². The summed E-state index contributed by atoms with van der Waals surface area (Å²) in [5.74, 6) is 0. The van der Waals surface area contributed by atoms with E-state index in [4.69, 9.17) is 5.26 Å². The Labute approximate surface area is 126 Å². The monoisotopic (exact) mass is 357 g/mol. The second-order valence-electron chi connectivity index (χ2n) is 3.88. The number of benzene rings is 2. The first-order valence-electron chi connectivity index (χ1n) is 5.45. The zero-order chi connectivity index (χ0) is 14.8. The van der Waals surface area contributed by atoms with Gasteiger partial charge < -0.3 is 0 Å². The first-order chi connectivity index (χ1) is 9.40. The van der Waals surface area contributed by atoms with Crippen molar-refractivity contribution in [1.29, 1.82) is 5.26 Å². The zero-order valence-corrected chi connectivity index (χ0v) is 12.3. The number of nitrogens with zero attached hydrogens (tertiary/aromatic N) is 1. The van der Waals surface area contributed by atoms with E-state index in [1.807, 2.05) is 30.3 Å². The highest BCUT2D eigenvalue weighted by molar-refractivity contribution is 9.10. The Morgan fingerprint density at radius 2 is 1.70 bits per heavy atom. The molecule has 0 aliphatic rings. The lowest BCUT2D eigenvalue weighted by Crippen LogP contribution is -2.05. The van der Waals surface area contributed by atoms with Crippen LogP contribution in [0.1, 0.15) is 11.1 Å². The molecule has 20 heavy (non-hydrogen) atoms. The Morgan fingerprint density at radius 3 is 2.25 bits per heavy atom. The minimum Gasteiger partial charge on any atom is -0.192 e. The largest absolute Gasteiger partial charge is 0.416 e. The molecule has 0 aliphatic heterocycles. The van der Waals surface area contributed by atoms with Gasteiger partial charge in [-0.2, -0.15) is 18.4 Å². The Kier molecular flexibility index (Phi) is 4.41. The second-order valence-corrected chi connectivity index (χ2v) is 5.91. The maximum Gasteiger partial charge on any atom is 0.416 e. The summed E-state index contributed by atoms with van der Waals surface area (Å²) in [5, 5.41) is 8.99. The number of halogens is 4. The topological polar surface area (TPSA) is 23.8 Å². The molecule has 0 N–H and O–H groups in total. The summed E-state index contributed by atoms with van der Waals surface area (Å²) in [6.07, 6.45) is -4.44. The van der Waals surface area contributed by atoms with Gasteiger partial charge in [0, 0.05) is 14.3 Å². The smallest absolute Gasteiger partial charge is 0.192 e. The molecule has 0 atom stereocenters. The zero-order valence-electron chi connectivity index (χ0n) is 9.91. The van der Waals surface area contributed by atoms with Gasteiger partial charge in [0.05, 0.1) is 11.1 Å². The van der Waals surface area contributed by atoms with E-state index in [9.17, 15) is 13.2 Å². The van der Waals surface area contributed by atoms with Crippen molar-refractivity contribution in [3.05, 3.63) is 58.1 Å². The number of hydrogen-bond donors (Lipinski definition) is 0. The number of nitriles is 1. The maximum atomic E-state index is 12.6. The van der Waals surface area contributed by atoms with Gasteiger partial charge in [0.1, 0.15) is 6.07 Å². The van der Waals surface area contributed by atoms with E-state index in [1.165, 1.54) is 17.8 Å². The molecular weight excluding hydrogens is 351 g/mol. The van der Waals surface area contributed by atoms with Gasteiger partial charge in [0.2, 0.25) is 0 Å². The fraction of sp³-hybridized carbons (Fsp3) is 0.0714. The predicted octanol–water partition coefficient (Wildman–Crippen LogP) is 5.49. The predicted molar refractivity (Wildman–Crippen MR) is 74.4 cm³/mol. The second kappa shape index (κ2) is 5.90. The normalized spacial score (nSPS) is 11.2. The van der Waals surface area contributed by atoms with Gasteiger partial charge in [-0.1, -0.05) is 27.7 Å². The Bertz CT molecular complexity index is 660. The minimum absolute atomic E-state index is 0.0211. The Hall–Kier alpha value is -1.45. The van der Waals surface area contributed by atoms with Crippen LogP contribution < -0.4 is 0 Å². The van der Waals surface area contributed by atoms with Crippen LogP contribution in [0.2, 0.25) is 0 Å². The van der Waals surface area contributed by atoms with E-state index in [-0.39, 0.29) is 5.56 Å². The lowest BCUT2D eigenvalue weighted by Gasteiger charge is -2.09. The molecule has 102 valence electrons. The molecular formula is C14H7BrF3NS. The van der Waals surface area contributed by atoms with E-state index in [1.54, 1.807) is 0 Å². The third-order valence-corrected chi connectivity index (χ3v) is 4.08. The molecule has 0 unspecified atom stereocenters. The molecule has 1 nitrogen and oxygen atoms in total. The molecule has 0 amide bonds. The quantitative estimate of drug-likeness (QED) is 0.709. The summed E-state index contributed by atoms with van der Waals surface area (Å²) in [6.45, 7) is 0. The highest BCUT2D eigenvalue weighted by atomic mass is 79.9. The van der Waals surface area contributed by atoms with Crippen LogP contribution in [-0.4, -0.2) is 0 Å². The van der Waals surface area contributed by atoms with E-state index in [0.29, 0.717) is 4.90 Å². The van der Waals surface area contributed by atoms with Gasteiger partial charge in [0.15, 0.2) is 0 Å². The van der Waals surface area contributed by atoms with E-state index >= 15 is 0 Å². The average molecular weight is 358 g/mol. The third-order valence-electron chi connectivity index (χ3n) is 2.47. The van der Waals surface area contributed by atoms with Gasteiger partial charge in [-0.25, -0.2) is 0 Å². The molecule has 0 saturated carbocycles. The van der Waals surface area contributed by atoms with Gasteiger partial charge in [-0.05, 0) is 42.5 Å². The molecule has 2 aromatic rings. The van der Waals surface area contributed by atoms with Gasteiger partial charge in [-0.15, -0.1) is 0 Å². The first kappa shape index (κ1) is 14.9. The molecule has 0 spiro atoms. The van der Waals surface area contributed by atoms with Crippen LogP contribution in [0.3, 0.4) is 0 Å². The fourth-order valence-corrected chi connectivity index (χ4v) is 2.65. The van der Waals surface area contributed by atoms with Crippen molar-refractivity contribution in [1.82, 2.24) is 0 Å². The Balaban J connectivity index is 2.33. The summed E-state index contributed by atoms with van der Waals surface area (Å²) in [7, 11) is 0. The van der Waals surface area contributed by atoms with Crippen LogP contribution in [0, 0.1) is 11.3 Å². The van der Waals surface area contributed by atoms with Crippen LogP contribution in [0.4, 0.5) is 13.2 Å². The van der Waals surface area contributed by atoms with Crippen LogP contribution >= 0.6 is 27.7 Å². The third kappa shape index (κ3) is 3.56. The van der Waals surface area contributed by atoms with Crippen LogP contribution in [0.25, 0.3) is 0 Å². The van der Waals surface area contributed by atoms with Crippen molar-refractivity contribution in [3.63, 3.8) is 0 Å². The van der Waals surface area contributed by atoms with Crippen LogP contribution in [-0.2, 0) is 6.18 Å². The van der Waals surface area contributed by atoms with Crippen molar-refractivity contribution < 1.29 is 13.2 Å². The van der Waals surface area contributed by atoms with Crippen LogP contribution in [0.15, 0.2) is 56.7 Å². The Morgan fingerprint density at radius 1 is 1.05 bits per heavy atom. The molecule has 0 fully saturated rings. The average Bonchev–Trinajstić information content (AvgIpc) is 2.40. The highest BCUT2D eigenvalue weighted by Crippen LogP contribution is 2.35. The van der Waals surface area contributed by atoms with Crippen LogP contribution in [0.5, 0.6) is 0 Å².